The smallest absolute Gasteiger partial charge is 0.253 e. The quantitative estimate of drug-likeness (QED) is 0.898. The molecule has 1 aliphatic carbocycles. The van der Waals surface area contributed by atoms with Gasteiger partial charge in [0, 0.05) is 23.5 Å². The van der Waals surface area contributed by atoms with Gasteiger partial charge in [0.1, 0.15) is 0 Å². The van der Waals surface area contributed by atoms with Crippen LogP contribution in [0.25, 0.3) is 0 Å². The van der Waals surface area contributed by atoms with E-state index in [1.807, 2.05) is 0 Å². The van der Waals surface area contributed by atoms with Crippen molar-refractivity contribution in [2.24, 2.45) is 5.92 Å². The van der Waals surface area contributed by atoms with Gasteiger partial charge in [0.05, 0.1) is 5.56 Å². The van der Waals surface area contributed by atoms with E-state index in [1.165, 1.54) is 37.8 Å². The average molecular weight is 317 g/mol. The third kappa shape index (κ3) is 3.47. The molecule has 1 amide bonds. The summed E-state index contributed by atoms with van der Waals surface area (Å²) in [6.07, 6.45) is 7.52. The van der Waals surface area contributed by atoms with Crippen LogP contribution < -0.4 is 10.6 Å². The van der Waals surface area contributed by atoms with Crippen LogP contribution in [-0.4, -0.2) is 29.6 Å². The molecule has 128 valence electrons. The topological polar surface area (TPSA) is 46.1 Å². The van der Waals surface area contributed by atoms with Gasteiger partial charge in [-0.15, -0.1) is 0 Å². The Balaban J connectivity index is 1.75. The summed E-state index contributed by atoms with van der Waals surface area (Å²) >= 11 is 0. The van der Waals surface area contributed by atoms with Crippen molar-refractivity contribution in [2.75, 3.05) is 13.1 Å². The first-order valence-electron chi connectivity index (χ1n) is 9.28. The first-order valence-corrected chi connectivity index (χ1v) is 9.28. The van der Waals surface area contributed by atoms with E-state index in [1.54, 1.807) is 0 Å². The molecule has 4 nitrogen and oxygen atoms in total. The highest BCUT2D eigenvalue weighted by atomic mass is 16.1. The van der Waals surface area contributed by atoms with Gasteiger partial charge >= 0.3 is 0 Å². The van der Waals surface area contributed by atoms with Crippen molar-refractivity contribution in [3.05, 3.63) is 23.0 Å². The second-order valence-electron chi connectivity index (χ2n) is 7.50. The van der Waals surface area contributed by atoms with Crippen molar-refractivity contribution >= 4 is 5.91 Å². The number of nitrogens with zero attached hydrogens (tertiary/aromatic N) is 1. The summed E-state index contributed by atoms with van der Waals surface area (Å²) in [7, 11) is 0. The van der Waals surface area contributed by atoms with E-state index in [2.05, 4.69) is 42.0 Å². The summed E-state index contributed by atoms with van der Waals surface area (Å²) in [5.74, 6) is 0.605. The van der Waals surface area contributed by atoms with Crippen LogP contribution >= 0.6 is 0 Å². The van der Waals surface area contributed by atoms with Gasteiger partial charge in [-0.1, -0.05) is 26.2 Å². The highest BCUT2D eigenvalue weighted by Crippen LogP contribution is 2.32. The van der Waals surface area contributed by atoms with Crippen LogP contribution in [0.5, 0.6) is 0 Å². The van der Waals surface area contributed by atoms with E-state index in [9.17, 15) is 4.79 Å². The number of carbonyl (C=O) groups excluding carboxylic acids is 1. The lowest BCUT2D eigenvalue weighted by atomic mass is 9.94. The molecule has 1 saturated heterocycles. The lowest BCUT2D eigenvalue weighted by Crippen LogP contribution is -2.48. The van der Waals surface area contributed by atoms with Crippen molar-refractivity contribution in [1.29, 1.82) is 0 Å². The molecule has 1 aliphatic heterocycles. The maximum absolute atomic E-state index is 12.8. The third-order valence-electron chi connectivity index (χ3n) is 5.77. The lowest BCUT2D eigenvalue weighted by Gasteiger charge is -2.30. The Morgan fingerprint density at radius 3 is 2.65 bits per heavy atom. The molecular formula is C19H31N3O. The van der Waals surface area contributed by atoms with Crippen LogP contribution in [0.1, 0.15) is 73.2 Å². The molecule has 1 saturated carbocycles. The minimum atomic E-state index is 0.110. The zero-order valence-electron chi connectivity index (χ0n) is 14.8. The zero-order valence-corrected chi connectivity index (χ0v) is 14.8. The molecule has 2 unspecified atom stereocenters. The number of hydrogen-bond donors (Lipinski definition) is 2. The molecule has 23 heavy (non-hydrogen) atoms. The SMILES string of the molecule is Cc1cc(C(=O)NC2CCNCC2C)c(C)n1C1CCCCC1. The van der Waals surface area contributed by atoms with E-state index >= 15 is 0 Å². The largest absolute Gasteiger partial charge is 0.349 e. The standard InChI is InChI=1S/C19H31N3O/c1-13-12-20-10-9-18(13)21-19(23)17-11-14(2)22(15(17)3)16-7-5-4-6-8-16/h11,13,16,18,20H,4-10,12H2,1-3H3,(H,21,23). The number of piperidine rings is 1. The Morgan fingerprint density at radius 2 is 1.96 bits per heavy atom. The van der Waals surface area contributed by atoms with Gasteiger partial charge in [-0.2, -0.15) is 0 Å². The molecule has 2 atom stereocenters. The summed E-state index contributed by atoms with van der Waals surface area (Å²) in [6.45, 7) is 8.46. The number of nitrogens with one attached hydrogen (secondary N) is 2. The second-order valence-corrected chi connectivity index (χ2v) is 7.50. The number of rotatable bonds is 3. The van der Waals surface area contributed by atoms with Gasteiger partial charge in [0.25, 0.3) is 5.91 Å². The molecule has 0 aromatic carbocycles. The fourth-order valence-electron chi connectivity index (χ4n) is 4.38. The van der Waals surface area contributed by atoms with E-state index in [0.717, 1.165) is 30.8 Å². The Hall–Kier alpha value is -1.29. The summed E-state index contributed by atoms with van der Waals surface area (Å²) in [6, 6.07) is 2.97. The minimum absolute atomic E-state index is 0.110. The van der Waals surface area contributed by atoms with Crippen LogP contribution in [0, 0.1) is 19.8 Å². The molecule has 0 bridgehead atoms. The molecule has 4 heteroatoms. The van der Waals surface area contributed by atoms with Crippen LogP contribution in [0.4, 0.5) is 0 Å². The molecule has 2 fully saturated rings. The van der Waals surface area contributed by atoms with Crippen molar-refractivity contribution in [2.45, 2.75) is 71.4 Å². The molecule has 2 N–H and O–H groups in total. The van der Waals surface area contributed by atoms with E-state index in [4.69, 9.17) is 0 Å². The van der Waals surface area contributed by atoms with E-state index in [0.29, 0.717) is 18.0 Å². The molecule has 2 heterocycles. The first-order chi connectivity index (χ1) is 11.1. The molecule has 0 radical (unpaired) electrons. The first kappa shape index (κ1) is 16.6. The Bertz CT molecular complexity index is 557. The fraction of sp³-hybridized carbons (Fsp3) is 0.737. The van der Waals surface area contributed by atoms with Crippen molar-refractivity contribution < 1.29 is 4.79 Å². The highest BCUT2D eigenvalue weighted by Gasteiger charge is 2.26. The number of aromatic nitrogens is 1. The Morgan fingerprint density at radius 1 is 1.22 bits per heavy atom. The minimum Gasteiger partial charge on any atom is -0.349 e. The zero-order chi connectivity index (χ0) is 16.4. The number of amides is 1. The van der Waals surface area contributed by atoms with Gasteiger partial charge < -0.3 is 15.2 Å². The average Bonchev–Trinajstić information content (AvgIpc) is 2.85. The fourth-order valence-corrected chi connectivity index (χ4v) is 4.38. The van der Waals surface area contributed by atoms with Gasteiger partial charge in [-0.25, -0.2) is 0 Å². The van der Waals surface area contributed by atoms with Gasteiger partial charge in [-0.3, -0.25) is 4.79 Å². The molecule has 1 aromatic heterocycles. The number of aryl methyl sites for hydroxylation is 1. The molecule has 0 spiro atoms. The van der Waals surface area contributed by atoms with Crippen LogP contribution in [0.3, 0.4) is 0 Å². The second kappa shape index (κ2) is 7.08. The van der Waals surface area contributed by atoms with Crippen LogP contribution in [0.15, 0.2) is 6.07 Å². The molecule has 3 rings (SSSR count). The highest BCUT2D eigenvalue weighted by molar-refractivity contribution is 5.96. The summed E-state index contributed by atoms with van der Waals surface area (Å²) in [5.41, 5.74) is 3.25. The van der Waals surface area contributed by atoms with Crippen LogP contribution in [0.2, 0.25) is 0 Å². The summed E-state index contributed by atoms with van der Waals surface area (Å²) < 4.78 is 2.42. The van der Waals surface area contributed by atoms with Gasteiger partial charge in [0.15, 0.2) is 0 Å². The van der Waals surface area contributed by atoms with Gasteiger partial charge in [0.2, 0.25) is 0 Å². The van der Waals surface area contributed by atoms with E-state index < -0.39 is 0 Å². The van der Waals surface area contributed by atoms with Crippen molar-refractivity contribution in [3.63, 3.8) is 0 Å². The van der Waals surface area contributed by atoms with Crippen LogP contribution in [-0.2, 0) is 0 Å². The molecule has 1 aromatic rings. The lowest BCUT2D eigenvalue weighted by molar-refractivity contribution is 0.0913. The van der Waals surface area contributed by atoms with Crippen molar-refractivity contribution in [3.8, 4) is 0 Å². The maximum Gasteiger partial charge on any atom is 0.253 e. The Kier molecular flexibility index (Phi) is 5.10. The van der Waals surface area contributed by atoms with Gasteiger partial charge in [-0.05, 0) is 58.2 Å². The van der Waals surface area contributed by atoms with Crippen molar-refractivity contribution in [1.82, 2.24) is 15.2 Å². The molecular weight excluding hydrogens is 286 g/mol. The van der Waals surface area contributed by atoms with E-state index in [-0.39, 0.29) is 5.91 Å². The molecule has 2 aliphatic rings. The normalized spacial score (nSPS) is 26.2. The third-order valence-corrected chi connectivity index (χ3v) is 5.77. The Labute approximate surface area is 140 Å². The number of hydrogen-bond acceptors (Lipinski definition) is 2. The number of carbonyl (C=O) groups is 1. The predicted octanol–water partition coefficient (Wildman–Crippen LogP) is 3.34. The summed E-state index contributed by atoms with van der Waals surface area (Å²) in [5, 5.41) is 6.67. The summed E-state index contributed by atoms with van der Waals surface area (Å²) in [4.78, 5) is 12.8. The maximum atomic E-state index is 12.8. The monoisotopic (exact) mass is 317 g/mol. The predicted molar refractivity (Wildman–Crippen MR) is 93.9 cm³/mol.